The van der Waals surface area contributed by atoms with Gasteiger partial charge in [-0.1, -0.05) is 53.4 Å². The SMILES string of the molecule is CC(C)OC(=O)CSc1nnc(NCc2ccccc2)s1. The Morgan fingerprint density at radius 3 is 2.81 bits per heavy atom. The smallest absolute Gasteiger partial charge is 0.316 e. The van der Waals surface area contributed by atoms with Gasteiger partial charge >= 0.3 is 5.97 Å². The summed E-state index contributed by atoms with van der Waals surface area (Å²) in [7, 11) is 0. The van der Waals surface area contributed by atoms with Crippen molar-refractivity contribution in [3.8, 4) is 0 Å². The third kappa shape index (κ3) is 5.73. The van der Waals surface area contributed by atoms with E-state index in [0.29, 0.717) is 6.54 Å². The van der Waals surface area contributed by atoms with Gasteiger partial charge in [-0.25, -0.2) is 0 Å². The van der Waals surface area contributed by atoms with E-state index in [-0.39, 0.29) is 17.8 Å². The molecule has 0 aliphatic rings. The highest BCUT2D eigenvalue weighted by Gasteiger charge is 2.10. The number of benzene rings is 1. The van der Waals surface area contributed by atoms with E-state index >= 15 is 0 Å². The number of nitrogens with one attached hydrogen (secondary N) is 1. The molecule has 1 N–H and O–H groups in total. The molecule has 0 unspecified atom stereocenters. The molecule has 1 heterocycles. The van der Waals surface area contributed by atoms with E-state index in [0.717, 1.165) is 9.47 Å². The Bertz CT molecular complexity index is 573. The third-order valence-corrected chi connectivity index (χ3v) is 4.36. The topological polar surface area (TPSA) is 64.1 Å². The van der Waals surface area contributed by atoms with Gasteiger partial charge in [-0.3, -0.25) is 4.79 Å². The second kappa shape index (κ2) is 7.99. The fourth-order valence-corrected chi connectivity index (χ4v) is 3.06. The van der Waals surface area contributed by atoms with Gasteiger partial charge in [0.15, 0.2) is 4.34 Å². The fourth-order valence-electron chi connectivity index (χ4n) is 1.53. The summed E-state index contributed by atoms with van der Waals surface area (Å²) < 4.78 is 5.82. The van der Waals surface area contributed by atoms with E-state index < -0.39 is 0 Å². The monoisotopic (exact) mass is 323 g/mol. The number of carbonyl (C=O) groups is 1. The first-order chi connectivity index (χ1) is 10.1. The van der Waals surface area contributed by atoms with Crippen LogP contribution in [-0.2, 0) is 16.1 Å². The van der Waals surface area contributed by atoms with Gasteiger partial charge in [-0.15, -0.1) is 10.2 Å². The number of ether oxygens (including phenoxy) is 1. The molecule has 0 fully saturated rings. The van der Waals surface area contributed by atoms with Crippen LogP contribution in [0.5, 0.6) is 0 Å². The van der Waals surface area contributed by atoms with Gasteiger partial charge in [0.05, 0.1) is 11.9 Å². The van der Waals surface area contributed by atoms with Crippen molar-refractivity contribution in [2.45, 2.75) is 30.8 Å². The first-order valence-electron chi connectivity index (χ1n) is 6.57. The van der Waals surface area contributed by atoms with Crippen LogP contribution < -0.4 is 5.32 Å². The molecular formula is C14H17N3O2S2. The summed E-state index contributed by atoms with van der Waals surface area (Å²) in [6.45, 7) is 4.37. The maximum absolute atomic E-state index is 11.4. The number of hydrogen-bond donors (Lipinski definition) is 1. The highest BCUT2D eigenvalue weighted by Crippen LogP contribution is 2.25. The van der Waals surface area contributed by atoms with Gasteiger partial charge in [0.25, 0.3) is 0 Å². The predicted octanol–water partition coefficient (Wildman–Crippen LogP) is 3.19. The maximum Gasteiger partial charge on any atom is 0.316 e. The molecule has 5 nitrogen and oxygen atoms in total. The Labute approximate surface area is 132 Å². The Morgan fingerprint density at radius 2 is 2.10 bits per heavy atom. The van der Waals surface area contributed by atoms with Crippen molar-refractivity contribution in [3.05, 3.63) is 35.9 Å². The maximum atomic E-state index is 11.4. The summed E-state index contributed by atoms with van der Waals surface area (Å²) in [5, 5.41) is 12.1. The molecule has 0 saturated heterocycles. The molecule has 7 heteroatoms. The quantitative estimate of drug-likeness (QED) is 0.623. The van der Waals surface area contributed by atoms with Crippen LogP contribution in [-0.4, -0.2) is 28.0 Å². The number of anilines is 1. The van der Waals surface area contributed by atoms with Crippen LogP contribution in [0.25, 0.3) is 0 Å². The van der Waals surface area contributed by atoms with Gasteiger partial charge in [0.2, 0.25) is 5.13 Å². The molecule has 0 aliphatic carbocycles. The number of nitrogens with zero attached hydrogens (tertiary/aromatic N) is 2. The van der Waals surface area contributed by atoms with Crippen molar-refractivity contribution >= 4 is 34.2 Å². The number of thioether (sulfide) groups is 1. The first kappa shape index (κ1) is 15.8. The van der Waals surface area contributed by atoms with E-state index in [1.165, 1.54) is 28.7 Å². The van der Waals surface area contributed by atoms with E-state index in [2.05, 4.69) is 15.5 Å². The summed E-state index contributed by atoms with van der Waals surface area (Å²) in [4.78, 5) is 11.4. The molecule has 21 heavy (non-hydrogen) atoms. The molecule has 0 spiro atoms. The zero-order valence-corrected chi connectivity index (χ0v) is 13.5. The molecule has 0 aliphatic heterocycles. The van der Waals surface area contributed by atoms with Crippen molar-refractivity contribution < 1.29 is 9.53 Å². The van der Waals surface area contributed by atoms with Crippen LogP contribution in [0.15, 0.2) is 34.7 Å². The lowest BCUT2D eigenvalue weighted by Gasteiger charge is -2.05. The van der Waals surface area contributed by atoms with Gasteiger partial charge in [-0.05, 0) is 19.4 Å². The first-order valence-corrected chi connectivity index (χ1v) is 8.37. The molecule has 1 aromatic carbocycles. The average Bonchev–Trinajstić information content (AvgIpc) is 2.91. The summed E-state index contributed by atoms with van der Waals surface area (Å²) in [5.74, 6) is 0.0230. The number of carbonyl (C=O) groups excluding carboxylic acids is 1. The molecule has 2 rings (SSSR count). The molecule has 0 saturated carbocycles. The molecule has 0 amide bonds. The molecular weight excluding hydrogens is 306 g/mol. The lowest BCUT2D eigenvalue weighted by molar-refractivity contribution is -0.144. The fraction of sp³-hybridized carbons (Fsp3) is 0.357. The molecule has 1 aromatic heterocycles. The van der Waals surface area contributed by atoms with Crippen molar-refractivity contribution in [2.75, 3.05) is 11.1 Å². The number of aromatic nitrogens is 2. The van der Waals surface area contributed by atoms with Gasteiger partial charge < -0.3 is 10.1 Å². The highest BCUT2D eigenvalue weighted by atomic mass is 32.2. The summed E-state index contributed by atoms with van der Waals surface area (Å²) in [6.07, 6.45) is -0.0874. The number of rotatable bonds is 7. The second-order valence-corrected chi connectivity index (χ2v) is 6.74. The van der Waals surface area contributed by atoms with Crippen molar-refractivity contribution in [3.63, 3.8) is 0 Å². The largest absolute Gasteiger partial charge is 0.462 e. The third-order valence-electron chi connectivity index (χ3n) is 2.37. The van der Waals surface area contributed by atoms with Crippen molar-refractivity contribution in [1.29, 1.82) is 0 Å². The minimum Gasteiger partial charge on any atom is -0.462 e. The molecule has 2 aromatic rings. The Kier molecular flexibility index (Phi) is 6.01. The van der Waals surface area contributed by atoms with Crippen molar-refractivity contribution in [1.82, 2.24) is 10.2 Å². The lowest BCUT2D eigenvalue weighted by Crippen LogP contribution is -2.13. The number of esters is 1. The van der Waals surface area contributed by atoms with Gasteiger partial charge in [0, 0.05) is 6.54 Å². The van der Waals surface area contributed by atoms with E-state index in [1.807, 2.05) is 44.2 Å². The Hall–Kier alpha value is -1.60. The second-order valence-electron chi connectivity index (χ2n) is 4.54. The minimum atomic E-state index is -0.232. The van der Waals surface area contributed by atoms with E-state index in [1.54, 1.807) is 0 Å². The lowest BCUT2D eigenvalue weighted by atomic mass is 10.2. The molecule has 0 atom stereocenters. The predicted molar refractivity (Wildman–Crippen MR) is 85.6 cm³/mol. The highest BCUT2D eigenvalue weighted by molar-refractivity contribution is 8.01. The Balaban J connectivity index is 1.77. The van der Waals surface area contributed by atoms with E-state index in [4.69, 9.17) is 4.74 Å². The normalized spacial score (nSPS) is 10.6. The number of hydrogen-bond acceptors (Lipinski definition) is 7. The average molecular weight is 323 g/mol. The zero-order chi connectivity index (χ0) is 15.1. The Morgan fingerprint density at radius 1 is 1.33 bits per heavy atom. The molecule has 0 radical (unpaired) electrons. The summed E-state index contributed by atoms with van der Waals surface area (Å²) in [6, 6.07) is 10.1. The standard InChI is InChI=1S/C14H17N3O2S2/c1-10(2)19-12(18)9-20-14-17-16-13(21-14)15-8-11-6-4-3-5-7-11/h3-7,10H,8-9H2,1-2H3,(H,15,16). The van der Waals surface area contributed by atoms with Crippen LogP contribution >= 0.6 is 23.1 Å². The van der Waals surface area contributed by atoms with Crippen LogP contribution in [0.3, 0.4) is 0 Å². The van der Waals surface area contributed by atoms with Crippen LogP contribution in [0.4, 0.5) is 5.13 Å². The van der Waals surface area contributed by atoms with Crippen LogP contribution in [0.1, 0.15) is 19.4 Å². The molecule has 112 valence electrons. The van der Waals surface area contributed by atoms with Gasteiger partial charge in [0.1, 0.15) is 0 Å². The van der Waals surface area contributed by atoms with Crippen LogP contribution in [0, 0.1) is 0 Å². The summed E-state index contributed by atoms with van der Waals surface area (Å²) in [5.41, 5.74) is 1.18. The molecule has 0 bridgehead atoms. The van der Waals surface area contributed by atoms with E-state index in [9.17, 15) is 4.79 Å². The van der Waals surface area contributed by atoms with Gasteiger partial charge in [-0.2, -0.15) is 0 Å². The van der Waals surface area contributed by atoms with Crippen LogP contribution in [0.2, 0.25) is 0 Å². The zero-order valence-electron chi connectivity index (χ0n) is 11.9. The summed E-state index contributed by atoms with van der Waals surface area (Å²) >= 11 is 2.78. The van der Waals surface area contributed by atoms with Crippen molar-refractivity contribution in [2.24, 2.45) is 0 Å². The minimum absolute atomic E-state index is 0.0874.